The van der Waals surface area contributed by atoms with Crippen molar-refractivity contribution in [2.75, 3.05) is 4.90 Å². The predicted octanol–water partition coefficient (Wildman–Crippen LogP) is 2.39. The van der Waals surface area contributed by atoms with Crippen molar-refractivity contribution in [2.24, 2.45) is 0 Å². The molecule has 2 heterocycles. The van der Waals surface area contributed by atoms with Gasteiger partial charge in [-0.05, 0) is 31.2 Å². The molecule has 0 spiro atoms. The van der Waals surface area contributed by atoms with Crippen molar-refractivity contribution in [3.63, 3.8) is 0 Å². The number of nitrogens with zero attached hydrogens (tertiary/aromatic N) is 1. The van der Waals surface area contributed by atoms with Gasteiger partial charge in [0.05, 0.1) is 12.0 Å². The van der Waals surface area contributed by atoms with Gasteiger partial charge in [-0.2, -0.15) is 0 Å². The first-order chi connectivity index (χ1) is 9.16. The Morgan fingerprint density at radius 2 is 2.05 bits per heavy atom. The molecule has 3 amide bonds. The maximum absolute atomic E-state index is 11.9. The zero-order valence-electron chi connectivity index (χ0n) is 10.3. The quantitative estimate of drug-likeness (QED) is 0.839. The van der Waals surface area contributed by atoms with Gasteiger partial charge in [0.1, 0.15) is 11.8 Å². The summed E-state index contributed by atoms with van der Waals surface area (Å²) in [5, 5.41) is 2.58. The van der Waals surface area contributed by atoms with Gasteiger partial charge in [0, 0.05) is 5.56 Å². The van der Waals surface area contributed by atoms with Gasteiger partial charge in [-0.25, -0.2) is 9.69 Å². The van der Waals surface area contributed by atoms with Crippen LogP contribution in [0, 0.1) is 0 Å². The molecule has 1 aliphatic rings. The Kier molecular flexibility index (Phi) is 2.59. The molecule has 1 atom stereocenters. The van der Waals surface area contributed by atoms with Gasteiger partial charge in [0.15, 0.2) is 0 Å². The first-order valence-corrected chi connectivity index (χ1v) is 5.95. The molecule has 19 heavy (non-hydrogen) atoms. The molecule has 0 aliphatic carbocycles. The molecule has 0 radical (unpaired) electrons. The summed E-state index contributed by atoms with van der Waals surface area (Å²) in [7, 11) is 0. The normalized spacial score (nSPS) is 18.8. The van der Waals surface area contributed by atoms with Gasteiger partial charge in [0.25, 0.3) is 5.91 Å². The summed E-state index contributed by atoms with van der Waals surface area (Å²) in [6.45, 7) is 1.66. The molecular weight excluding hydrogens is 244 g/mol. The minimum Gasteiger partial charge on any atom is -0.464 e. The summed E-state index contributed by atoms with van der Waals surface area (Å²) >= 11 is 0. The van der Waals surface area contributed by atoms with E-state index in [9.17, 15) is 9.59 Å². The number of furan rings is 1. The lowest BCUT2D eigenvalue weighted by atomic mass is 10.1. The molecule has 0 saturated carbocycles. The van der Waals surface area contributed by atoms with E-state index in [0.717, 1.165) is 10.5 Å². The lowest BCUT2D eigenvalue weighted by Gasteiger charge is -2.13. The molecule has 3 rings (SSSR count). The molecule has 1 N–H and O–H groups in total. The van der Waals surface area contributed by atoms with E-state index in [0.29, 0.717) is 11.4 Å². The first kappa shape index (κ1) is 11.5. The van der Waals surface area contributed by atoms with Gasteiger partial charge in [0.2, 0.25) is 0 Å². The second-order valence-electron chi connectivity index (χ2n) is 4.37. The van der Waals surface area contributed by atoms with E-state index in [1.807, 2.05) is 12.1 Å². The molecule has 1 unspecified atom stereocenters. The van der Waals surface area contributed by atoms with Crippen molar-refractivity contribution >= 4 is 17.6 Å². The predicted molar refractivity (Wildman–Crippen MR) is 69.6 cm³/mol. The lowest BCUT2D eigenvalue weighted by Crippen LogP contribution is -2.30. The van der Waals surface area contributed by atoms with Crippen LogP contribution in [0.5, 0.6) is 0 Å². The van der Waals surface area contributed by atoms with Crippen LogP contribution in [-0.4, -0.2) is 18.0 Å². The van der Waals surface area contributed by atoms with Crippen molar-refractivity contribution in [1.82, 2.24) is 5.32 Å². The van der Waals surface area contributed by atoms with Crippen LogP contribution >= 0.6 is 0 Å². The number of benzene rings is 1. The molecule has 5 heteroatoms. The Morgan fingerprint density at radius 3 is 2.68 bits per heavy atom. The molecule has 96 valence electrons. The smallest absolute Gasteiger partial charge is 0.329 e. The third-order valence-corrected chi connectivity index (χ3v) is 3.04. The number of imide groups is 1. The Morgan fingerprint density at radius 1 is 1.21 bits per heavy atom. The summed E-state index contributed by atoms with van der Waals surface area (Å²) in [5.74, 6) is 0.448. The van der Waals surface area contributed by atoms with E-state index in [1.165, 1.54) is 0 Å². The fourth-order valence-electron chi connectivity index (χ4n) is 2.09. The standard InChI is InChI=1S/C14H12N2O3/c1-9-13(17)16(14(18)15-9)11-5-2-4-10(8-11)12-6-3-7-19-12/h2-9H,1H3,(H,15,18). The van der Waals surface area contributed by atoms with Gasteiger partial charge < -0.3 is 9.73 Å². The second kappa shape index (κ2) is 4.28. The fourth-order valence-corrected chi connectivity index (χ4v) is 2.09. The van der Waals surface area contributed by atoms with Crippen LogP contribution < -0.4 is 10.2 Å². The number of urea groups is 1. The molecule has 1 aliphatic heterocycles. The highest BCUT2D eigenvalue weighted by atomic mass is 16.3. The van der Waals surface area contributed by atoms with E-state index >= 15 is 0 Å². The summed E-state index contributed by atoms with van der Waals surface area (Å²) < 4.78 is 5.31. The van der Waals surface area contributed by atoms with Gasteiger partial charge >= 0.3 is 6.03 Å². The van der Waals surface area contributed by atoms with Crippen molar-refractivity contribution in [3.8, 4) is 11.3 Å². The van der Waals surface area contributed by atoms with E-state index in [-0.39, 0.29) is 5.91 Å². The number of hydrogen-bond acceptors (Lipinski definition) is 3. The van der Waals surface area contributed by atoms with Gasteiger partial charge in [-0.15, -0.1) is 0 Å². The lowest BCUT2D eigenvalue weighted by molar-refractivity contribution is -0.117. The number of carbonyl (C=O) groups excluding carboxylic acids is 2. The highest BCUT2D eigenvalue weighted by molar-refractivity contribution is 6.21. The Hall–Kier alpha value is -2.56. The van der Waals surface area contributed by atoms with E-state index in [4.69, 9.17) is 4.42 Å². The zero-order valence-corrected chi connectivity index (χ0v) is 10.3. The van der Waals surface area contributed by atoms with Crippen LogP contribution in [0.15, 0.2) is 47.1 Å². The largest absolute Gasteiger partial charge is 0.464 e. The highest BCUT2D eigenvalue weighted by Gasteiger charge is 2.36. The van der Waals surface area contributed by atoms with Crippen molar-refractivity contribution in [3.05, 3.63) is 42.7 Å². The molecule has 1 aromatic heterocycles. The van der Waals surface area contributed by atoms with E-state index in [1.54, 1.807) is 37.5 Å². The fraction of sp³-hybridized carbons (Fsp3) is 0.143. The maximum Gasteiger partial charge on any atom is 0.329 e. The van der Waals surface area contributed by atoms with Crippen molar-refractivity contribution in [1.29, 1.82) is 0 Å². The number of amides is 3. The highest BCUT2D eigenvalue weighted by Crippen LogP contribution is 2.26. The first-order valence-electron chi connectivity index (χ1n) is 5.95. The summed E-state index contributed by atoms with van der Waals surface area (Å²) in [6, 6.07) is 9.87. The maximum atomic E-state index is 11.9. The Labute approximate surface area is 109 Å². The minimum absolute atomic E-state index is 0.249. The third-order valence-electron chi connectivity index (χ3n) is 3.04. The second-order valence-corrected chi connectivity index (χ2v) is 4.37. The van der Waals surface area contributed by atoms with Gasteiger partial charge in [-0.3, -0.25) is 4.79 Å². The van der Waals surface area contributed by atoms with Crippen molar-refractivity contribution in [2.45, 2.75) is 13.0 Å². The van der Waals surface area contributed by atoms with Crippen LogP contribution in [0.4, 0.5) is 10.5 Å². The van der Waals surface area contributed by atoms with Gasteiger partial charge in [-0.1, -0.05) is 12.1 Å². The van der Waals surface area contributed by atoms with E-state index in [2.05, 4.69) is 5.32 Å². The molecule has 1 aromatic carbocycles. The van der Waals surface area contributed by atoms with Crippen LogP contribution in [0.2, 0.25) is 0 Å². The summed E-state index contributed by atoms with van der Waals surface area (Å²) in [4.78, 5) is 24.8. The molecule has 1 saturated heterocycles. The zero-order chi connectivity index (χ0) is 13.4. The van der Waals surface area contributed by atoms with Crippen molar-refractivity contribution < 1.29 is 14.0 Å². The summed E-state index contributed by atoms with van der Waals surface area (Å²) in [6.07, 6.45) is 1.58. The third kappa shape index (κ3) is 1.89. The number of hydrogen-bond donors (Lipinski definition) is 1. The number of nitrogens with one attached hydrogen (secondary N) is 1. The summed E-state index contributed by atoms with van der Waals surface area (Å²) in [5.41, 5.74) is 1.36. The van der Waals surface area contributed by atoms with E-state index < -0.39 is 12.1 Å². The Bertz CT molecular complexity index is 634. The van der Waals surface area contributed by atoms with Crippen LogP contribution in [0.1, 0.15) is 6.92 Å². The average molecular weight is 256 g/mol. The SMILES string of the molecule is CC1NC(=O)N(c2cccc(-c3ccco3)c2)C1=O. The van der Waals surface area contributed by atoms with Crippen LogP contribution in [0.3, 0.4) is 0 Å². The number of anilines is 1. The topological polar surface area (TPSA) is 62.6 Å². The average Bonchev–Trinajstić information content (AvgIpc) is 3.00. The monoisotopic (exact) mass is 256 g/mol. The molecule has 2 aromatic rings. The molecule has 1 fully saturated rings. The number of rotatable bonds is 2. The molecule has 0 bridgehead atoms. The number of carbonyl (C=O) groups is 2. The van der Waals surface area contributed by atoms with Crippen LogP contribution in [-0.2, 0) is 4.79 Å². The molecule has 5 nitrogen and oxygen atoms in total. The molecular formula is C14H12N2O3. The van der Waals surface area contributed by atoms with Crippen LogP contribution in [0.25, 0.3) is 11.3 Å². The minimum atomic E-state index is -0.486. The Balaban J connectivity index is 2.00.